The molecule has 6 nitrogen and oxygen atoms in total. The Kier molecular flexibility index (Phi) is 6.75. The molecule has 0 aliphatic carbocycles. The van der Waals surface area contributed by atoms with Gasteiger partial charge >= 0.3 is 0 Å². The van der Waals surface area contributed by atoms with E-state index in [1.165, 1.54) is 0 Å². The first-order valence-corrected chi connectivity index (χ1v) is 6.82. The Hall–Kier alpha value is -0.820. The maximum absolute atomic E-state index is 12.1. The Bertz CT molecular complexity index is 453. The fraction of sp³-hybridized carbons (Fsp3) is 0.667. The molecule has 0 unspecified atom stereocenters. The highest BCUT2D eigenvalue weighted by Crippen LogP contribution is 2.14. The number of aromatic nitrogens is 2. The summed E-state index contributed by atoms with van der Waals surface area (Å²) in [5.74, 6) is 0.0192. The van der Waals surface area contributed by atoms with E-state index >= 15 is 0 Å². The van der Waals surface area contributed by atoms with E-state index in [9.17, 15) is 4.79 Å². The third-order valence-electron chi connectivity index (χ3n) is 3.34. The molecule has 8 heteroatoms. The highest BCUT2D eigenvalue weighted by molar-refractivity contribution is 6.30. The number of methoxy groups -OCH3 is 1. The van der Waals surface area contributed by atoms with E-state index in [1.54, 1.807) is 7.11 Å². The molecule has 0 bridgehead atoms. The van der Waals surface area contributed by atoms with Gasteiger partial charge in [-0.2, -0.15) is 0 Å². The third kappa shape index (κ3) is 3.85. The number of carbonyl (C=O) groups excluding carboxylic acids is 1. The number of H-pyrrole nitrogens is 1. The molecule has 1 fully saturated rings. The summed E-state index contributed by atoms with van der Waals surface area (Å²) in [6, 6.07) is -0.00676. The molecule has 20 heavy (non-hydrogen) atoms. The largest absolute Gasteiger partial charge is 0.378 e. The van der Waals surface area contributed by atoms with Gasteiger partial charge in [-0.15, -0.1) is 12.4 Å². The molecule has 2 atom stereocenters. The van der Waals surface area contributed by atoms with Crippen LogP contribution in [0.25, 0.3) is 0 Å². The van der Waals surface area contributed by atoms with Crippen LogP contribution in [0, 0.1) is 0 Å². The Morgan fingerprint density at radius 2 is 2.35 bits per heavy atom. The van der Waals surface area contributed by atoms with E-state index in [4.69, 9.17) is 16.3 Å². The Balaban J connectivity index is 0.00000200. The lowest BCUT2D eigenvalue weighted by Gasteiger charge is -2.31. The number of nitrogens with one attached hydrogen (secondary N) is 3. The fourth-order valence-electron chi connectivity index (χ4n) is 2.21. The summed E-state index contributed by atoms with van der Waals surface area (Å²) in [4.78, 5) is 19.1. The molecule has 0 aromatic carbocycles. The first-order chi connectivity index (χ1) is 9.15. The molecule has 3 N–H and O–H groups in total. The van der Waals surface area contributed by atoms with E-state index in [0.29, 0.717) is 11.6 Å². The van der Waals surface area contributed by atoms with Gasteiger partial charge in [0.15, 0.2) is 11.0 Å². The van der Waals surface area contributed by atoms with Crippen LogP contribution in [0.4, 0.5) is 0 Å². The Morgan fingerprint density at radius 3 is 2.95 bits per heavy atom. The number of hydrogen-bond acceptors (Lipinski definition) is 4. The second-order valence-corrected chi connectivity index (χ2v) is 4.91. The van der Waals surface area contributed by atoms with E-state index in [-0.39, 0.29) is 36.3 Å². The van der Waals surface area contributed by atoms with Crippen LogP contribution in [0.1, 0.15) is 29.7 Å². The summed E-state index contributed by atoms with van der Waals surface area (Å²) in [6.07, 6.45) is 1.53. The van der Waals surface area contributed by atoms with Gasteiger partial charge in [0.1, 0.15) is 0 Å². The van der Waals surface area contributed by atoms with E-state index in [2.05, 4.69) is 20.6 Å². The minimum Gasteiger partial charge on any atom is -0.378 e. The number of halogens is 2. The topological polar surface area (TPSA) is 79.0 Å². The number of piperidine rings is 1. The average molecular weight is 323 g/mol. The van der Waals surface area contributed by atoms with Gasteiger partial charge < -0.3 is 20.4 Å². The molecule has 1 aliphatic rings. The summed E-state index contributed by atoms with van der Waals surface area (Å²) < 4.78 is 5.36. The Morgan fingerprint density at radius 1 is 1.60 bits per heavy atom. The minimum absolute atomic E-state index is 0. The van der Waals surface area contributed by atoms with Crippen molar-refractivity contribution in [2.45, 2.75) is 31.9 Å². The highest BCUT2D eigenvalue weighted by atomic mass is 35.5. The summed E-state index contributed by atoms with van der Waals surface area (Å²) in [5, 5.41) is 6.54. The van der Waals surface area contributed by atoms with Crippen molar-refractivity contribution in [3.05, 3.63) is 16.7 Å². The number of nitrogens with zero attached hydrogens (tertiary/aromatic N) is 1. The van der Waals surface area contributed by atoms with Crippen molar-refractivity contribution in [1.29, 1.82) is 0 Å². The van der Waals surface area contributed by atoms with Crippen LogP contribution in [0.5, 0.6) is 0 Å². The number of amides is 1. The predicted molar refractivity (Wildman–Crippen MR) is 79.8 cm³/mol. The van der Waals surface area contributed by atoms with Crippen LogP contribution < -0.4 is 10.6 Å². The van der Waals surface area contributed by atoms with E-state index in [0.717, 1.165) is 25.2 Å². The fourth-order valence-corrected chi connectivity index (χ4v) is 2.47. The van der Waals surface area contributed by atoms with Gasteiger partial charge in [0, 0.05) is 13.7 Å². The summed E-state index contributed by atoms with van der Waals surface area (Å²) in [5.41, 5.74) is 0.778. The number of ether oxygens (including phenoxy) is 1. The molecule has 0 saturated carbocycles. The number of aromatic amines is 1. The van der Waals surface area contributed by atoms with Crippen LogP contribution >= 0.6 is 24.0 Å². The van der Waals surface area contributed by atoms with Crippen LogP contribution in [0.2, 0.25) is 5.15 Å². The van der Waals surface area contributed by atoms with Crippen molar-refractivity contribution in [1.82, 2.24) is 20.6 Å². The molecule has 1 amide bonds. The lowest BCUT2D eigenvalue weighted by molar-refractivity contribution is 0.0473. The second-order valence-electron chi connectivity index (χ2n) is 4.56. The van der Waals surface area contributed by atoms with Gasteiger partial charge in [0.2, 0.25) is 0 Å². The van der Waals surface area contributed by atoms with Crippen LogP contribution in [-0.2, 0) is 11.2 Å². The van der Waals surface area contributed by atoms with Crippen molar-refractivity contribution < 1.29 is 9.53 Å². The standard InChI is InChI=1S/C12H19ClN4O2.ClH/c1-3-7-10(13)17-11(15-7)12(18)16-8-4-5-14-6-9(8)19-2;/h8-9,14H,3-6H2,1-2H3,(H,15,17)(H,16,18);1H/t8-,9+;/m0./s1. The number of carbonyl (C=O) groups is 1. The first-order valence-electron chi connectivity index (χ1n) is 6.44. The predicted octanol–water partition coefficient (Wildman–Crippen LogP) is 1.15. The first kappa shape index (κ1) is 17.2. The lowest BCUT2D eigenvalue weighted by Crippen LogP contribution is -2.53. The summed E-state index contributed by atoms with van der Waals surface area (Å²) >= 11 is 5.93. The highest BCUT2D eigenvalue weighted by Gasteiger charge is 2.27. The zero-order valence-electron chi connectivity index (χ0n) is 11.5. The molecule has 1 aromatic rings. The van der Waals surface area contributed by atoms with Gasteiger partial charge in [-0.1, -0.05) is 18.5 Å². The normalized spacial score (nSPS) is 22.1. The van der Waals surface area contributed by atoms with Gasteiger partial charge in [0.05, 0.1) is 17.8 Å². The summed E-state index contributed by atoms with van der Waals surface area (Å²) in [6.45, 7) is 3.55. The monoisotopic (exact) mass is 322 g/mol. The molecule has 1 aromatic heterocycles. The van der Waals surface area contributed by atoms with Gasteiger partial charge in [-0.05, 0) is 19.4 Å². The van der Waals surface area contributed by atoms with Crippen LogP contribution in [-0.4, -0.2) is 48.2 Å². The SMILES string of the molecule is CCc1[nH]c(C(=O)N[C@H]2CCNC[C@H]2OC)nc1Cl.Cl. The zero-order chi connectivity index (χ0) is 13.8. The van der Waals surface area contributed by atoms with Crippen molar-refractivity contribution in [2.75, 3.05) is 20.2 Å². The quantitative estimate of drug-likeness (QED) is 0.777. The number of hydrogen-bond donors (Lipinski definition) is 3. The van der Waals surface area contributed by atoms with Crippen molar-refractivity contribution >= 4 is 29.9 Å². The molecule has 114 valence electrons. The third-order valence-corrected chi connectivity index (χ3v) is 3.66. The van der Waals surface area contributed by atoms with Crippen molar-refractivity contribution in [3.63, 3.8) is 0 Å². The molecular formula is C12H20Cl2N4O2. The molecule has 2 heterocycles. The molecular weight excluding hydrogens is 303 g/mol. The maximum Gasteiger partial charge on any atom is 0.287 e. The van der Waals surface area contributed by atoms with Gasteiger partial charge in [-0.3, -0.25) is 4.79 Å². The number of imidazole rings is 1. The number of rotatable bonds is 4. The molecule has 0 radical (unpaired) electrons. The lowest BCUT2D eigenvalue weighted by atomic mass is 10.0. The van der Waals surface area contributed by atoms with Gasteiger partial charge in [-0.25, -0.2) is 4.98 Å². The van der Waals surface area contributed by atoms with Gasteiger partial charge in [0.25, 0.3) is 5.91 Å². The van der Waals surface area contributed by atoms with Crippen molar-refractivity contribution in [2.24, 2.45) is 0 Å². The molecule has 1 saturated heterocycles. The van der Waals surface area contributed by atoms with E-state index in [1.807, 2.05) is 6.92 Å². The minimum atomic E-state index is -0.240. The van der Waals surface area contributed by atoms with Crippen LogP contribution in [0.3, 0.4) is 0 Å². The molecule has 1 aliphatic heterocycles. The molecule has 0 spiro atoms. The van der Waals surface area contributed by atoms with E-state index < -0.39 is 0 Å². The Labute approximate surface area is 129 Å². The summed E-state index contributed by atoms with van der Waals surface area (Å²) in [7, 11) is 1.65. The zero-order valence-corrected chi connectivity index (χ0v) is 13.1. The number of aryl methyl sites for hydroxylation is 1. The second kappa shape index (κ2) is 7.83. The smallest absolute Gasteiger partial charge is 0.287 e. The maximum atomic E-state index is 12.1. The molecule has 2 rings (SSSR count). The van der Waals surface area contributed by atoms with Crippen molar-refractivity contribution in [3.8, 4) is 0 Å². The van der Waals surface area contributed by atoms with Crippen LogP contribution in [0.15, 0.2) is 0 Å². The average Bonchev–Trinajstić information content (AvgIpc) is 2.80.